The molecule has 0 spiro atoms. The fourth-order valence-electron chi connectivity index (χ4n) is 4.16. The molecule has 1 aliphatic rings. The number of rotatable bonds is 11. The molecule has 0 bridgehead atoms. The number of esters is 1. The zero-order valence-electron chi connectivity index (χ0n) is 21.4. The number of hydrogen-bond donors (Lipinski definition) is 0. The zero-order chi connectivity index (χ0) is 27.3. The van der Waals surface area contributed by atoms with Crippen molar-refractivity contribution < 1.29 is 27.4 Å². The normalized spacial score (nSPS) is 17.0. The lowest BCUT2D eigenvalue weighted by Gasteiger charge is -2.22. The van der Waals surface area contributed by atoms with Crippen LogP contribution in [0.5, 0.6) is 11.5 Å². The minimum Gasteiger partial charge on any atom is -0.493 e. The Balaban J connectivity index is 1.28. The molecule has 0 radical (unpaired) electrons. The number of hydrogen-bond acceptors (Lipinski definition) is 9. The number of methoxy groups -OCH3 is 2. The second-order valence-corrected chi connectivity index (χ2v) is 11.3. The summed E-state index contributed by atoms with van der Waals surface area (Å²) in [6.07, 6.45) is 1.73. The van der Waals surface area contributed by atoms with Gasteiger partial charge in [0.1, 0.15) is 6.61 Å². The van der Waals surface area contributed by atoms with Crippen molar-refractivity contribution in [3.63, 3.8) is 0 Å². The number of sulfonamides is 1. The van der Waals surface area contributed by atoms with Gasteiger partial charge >= 0.3 is 5.97 Å². The van der Waals surface area contributed by atoms with Gasteiger partial charge in [0.15, 0.2) is 11.5 Å². The molecule has 11 nitrogen and oxygen atoms in total. The first-order valence-electron chi connectivity index (χ1n) is 11.9. The second-order valence-electron chi connectivity index (χ2n) is 8.91. The highest BCUT2D eigenvalue weighted by Gasteiger charge is 2.38. The summed E-state index contributed by atoms with van der Waals surface area (Å²) in [5.74, 6) is 0.416. The zero-order valence-corrected chi connectivity index (χ0v) is 23.0. The van der Waals surface area contributed by atoms with Gasteiger partial charge in [-0.25, -0.2) is 17.9 Å². The van der Waals surface area contributed by atoms with Crippen molar-refractivity contribution >= 4 is 27.6 Å². The van der Waals surface area contributed by atoms with E-state index in [1.807, 2.05) is 30.1 Å². The van der Waals surface area contributed by atoms with Gasteiger partial charge in [0, 0.05) is 24.2 Å². The lowest BCUT2D eigenvalue weighted by molar-refractivity contribution is 0.0457. The molecule has 0 amide bonds. The average molecular weight is 564 g/mol. The molecule has 1 atom stereocenters. The Morgan fingerprint density at radius 3 is 2.63 bits per heavy atom. The van der Waals surface area contributed by atoms with Crippen molar-refractivity contribution in [2.75, 3.05) is 46.7 Å². The van der Waals surface area contributed by atoms with E-state index in [-0.39, 0.29) is 24.9 Å². The topological polar surface area (TPSA) is 116 Å². The molecule has 0 N–H and O–H groups in total. The first kappa shape index (κ1) is 27.8. The van der Waals surface area contributed by atoms with E-state index in [0.29, 0.717) is 47.4 Å². The Morgan fingerprint density at radius 1 is 1.13 bits per heavy atom. The minimum atomic E-state index is -3.47. The molecule has 4 rings (SSSR count). The molecule has 1 aromatic heterocycles. The molecule has 2 aromatic carbocycles. The van der Waals surface area contributed by atoms with Gasteiger partial charge in [0.05, 0.1) is 50.5 Å². The molecule has 0 aliphatic carbocycles. The van der Waals surface area contributed by atoms with E-state index >= 15 is 0 Å². The van der Waals surface area contributed by atoms with E-state index in [0.717, 1.165) is 5.56 Å². The van der Waals surface area contributed by atoms with Crippen molar-refractivity contribution in [3.05, 3.63) is 70.5 Å². The van der Waals surface area contributed by atoms with Crippen molar-refractivity contribution in [1.29, 1.82) is 0 Å². The molecule has 3 aromatic rings. The second kappa shape index (κ2) is 12.1. The maximum absolute atomic E-state index is 12.8. The molecule has 2 heterocycles. The number of ether oxygens (including phenoxy) is 3. The Labute approximate surface area is 226 Å². The van der Waals surface area contributed by atoms with E-state index < -0.39 is 16.0 Å². The van der Waals surface area contributed by atoms with Gasteiger partial charge in [-0.05, 0) is 36.9 Å². The summed E-state index contributed by atoms with van der Waals surface area (Å²) in [6.45, 7) is 1.35. The lowest BCUT2D eigenvalue weighted by atomic mass is 10.2. The monoisotopic (exact) mass is 563 g/mol. The molecule has 1 unspecified atom stereocenters. The van der Waals surface area contributed by atoms with Crippen molar-refractivity contribution in [1.82, 2.24) is 24.2 Å². The van der Waals surface area contributed by atoms with Gasteiger partial charge in [-0.1, -0.05) is 35.0 Å². The lowest BCUT2D eigenvalue weighted by Crippen LogP contribution is -2.38. The van der Waals surface area contributed by atoms with Crippen LogP contribution in [0, 0.1) is 0 Å². The number of likely N-dealkylation sites (N-methyl/N-ethyl adjacent to an activating group) is 1. The van der Waals surface area contributed by atoms with Crippen LogP contribution in [-0.2, 0) is 27.8 Å². The Hall–Kier alpha value is -3.19. The van der Waals surface area contributed by atoms with E-state index in [9.17, 15) is 13.2 Å². The standard InChI is InChI=1S/C25H30ClN5O6S/c1-29(10-11-37-25(32)18-8-9-23(35-2)24(12-18)36-3)21-16-31(38(33,34)17-21)15-20-14-30(28-27-20)13-19-6-4-5-7-22(19)26/h4-9,12,14,21H,10-11,13,15-17H2,1-3H3. The van der Waals surface area contributed by atoms with Crippen LogP contribution < -0.4 is 9.47 Å². The Bertz CT molecular complexity index is 1380. The molecular weight excluding hydrogens is 534 g/mol. The summed E-state index contributed by atoms with van der Waals surface area (Å²) in [5, 5.41) is 8.88. The van der Waals surface area contributed by atoms with E-state index in [1.54, 1.807) is 35.1 Å². The first-order valence-corrected chi connectivity index (χ1v) is 13.9. The molecule has 13 heteroatoms. The van der Waals surface area contributed by atoms with Crippen LogP contribution in [0.4, 0.5) is 0 Å². The maximum Gasteiger partial charge on any atom is 0.338 e. The molecule has 0 saturated carbocycles. The molecule has 204 valence electrons. The van der Waals surface area contributed by atoms with Gasteiger partial charge in [0.25, 0.3) is 0 Å². The van der Waals surface area contributed by atoms with Gasteiger partial charge in [-0.2, -0.15) is 4.31 Å². The van der Waals surface area contributed by atoms with Gasteiger partial charge < -0.3 is 14.2 Å². The van der Waals surface area contributed by atoms with Crippen LogP contribution in [0.2, 0.25) is 5.02 Å². The predicted molar refractivity (Wildman–Crippen MR) is 141 cm³/mol. The molecule has 38 heavy (non-hydrogen) atoms. The number of nitrogens with zero attached hydrogens (tertiary/aromatic N) is 5. The van der Waals surface area contributed by atoms with E-state index in [1.165, 1.54) is 18.5 Å². The maximum atomic E-state index is 12.8. The molecule has 1 aliphatic heterocycles. The van der Waals surface area contributed by atoms with Crippen LogP contribution in [0.1, 0.15) is 21.6 Å². The quantitative estimate of drug-likeness (QED) is 0.324. The minimum absolute atomic E-state index is 0.0269. The summed E-state index contributed by atoms with van der Waals surface area (Å²) in [7, 11) is 1.34. The van der Waals surface area contributed by atoms with Crippen LogP contribution in [0.15, 0.2) is 48.7 Å². The Morgan fingerprint density at radius 2 is 1.89 bits per heavy atom. The average Bonchev–Trinajstić information content (AvgIpc) is 3.47. The van der Waals surface area contributed by atoms with Crippen LogP contribution in [0.25, 0.3) is 0 Å². The summed E-state index contributed by atoms with van der Waals surface area (Å²) in [6, 6.07) is 12.0. The summed E-state index contributed by atoms with van der Waals surface area (Å²) < 4.78 is 44.5. The van der Waals surface area contributed by atoms with E-state index in [2.05, 4.69) is 10.3 Å². The highest BCUT2D eigenvalue weighted by Crippen LogP contribution is 2.28. The summed E-state index contributed by atoms with van der Waals surface area (Å²) in [4.78, 5) is 14.3. The molecule has 1 fully saturated rings. The molecular formula is C25H30ClN5O6S. The predicted octanol–water partition coefficient (Wildman–Crippen LogP) is 2.30. The number of carbonyl (C=O) groups excluding carboxylic acids is 1. The van der Waals surface area contributed by atoms with Gasteiger partial charge in [-0.15, -0.1) is 5.10 Å². The highest BCUT2D eigenvalue weighted by atomic mass is 35.5. The van der Waals surface area contributed by atoms with Crippen molar-refractivity contribution in [2.45, 2.75) is 19.1 Å². The SMILES string of the molecule is COc1ccc(C(=O)OCCN(C)C2CN(Cc3cn(Cc4ccccc4Cl)nn3)S(=O)(=O)C2)cc1OC. The van der Waals surface area contributed by atoms with Crippen molar-refractivity contribution in [3.8, 4) is 11.5 Å². The van der Waals surface area contributed by atoms with Crippen LogP contribution in [0.3, 0.4) is 0 Å². The third kappa shape index (κ3) is 6.62. The third-order valence-corrected chi connectivity index (χ3v) is 8.58. The number of carbonyl (C=O) groups is 1. The largest absolute Gasteiger partial charge is 0.493 e. The molecule has 1 saturated heterocycles. The first-order chi connectivity index (χ1) is 18.2. The van der Waals surface area contributed by atoms with Crippen LogP contribution in [-0.4, -0.2) is 91.3 Å². The summed E-state index contributed by atoms with van der Waals surface area (Å²) >= 11 is 6.22. The van der Waals surface area contributed by atoms with E-state index in [4.69, 9.17) is 25.8 Å². The van der Waals surface area contributed by atoms with Gasteiger partial charge in [0.2, 0.25) is 10.0 Å². The Kier molecular flexibility index (Phi) is 8.87. The fourth-order valence-corrected chi connectivity index (χ4v) is 6.14. The van der Waals surface area contributed by atoms with Gasteiger partial charge in [-0.3, -0.25) is 4.90 Å². The summed E-state index contributed by atoms with van der Waals surface area (Å²) in [5.41, 5.74) is 1.78. The highest BCUT2D eigenvalue weighted by molar-refractivity contribution is 7.89. The third-order valence-electron chi connectivity index (χ3n) is 6.35. The number of halogens is 1. The smallest absolute Gasteiger partial charge is 0.338 e. The number of aromatic nitrogens is 3. The number of benzene rings is 2. The fraction of sp³-hybridized carbons (Fsp3) is 0.400. The van der Waals surface area contributed by atoms with Crippen LogP contribution >= 0.6 is 11.6 Å². The van der Waals surface area contributed by atoms with Crippen molar-refractivity contribution in [2.24, 2.45) is 0 Å².